The molecule has 0 aromatic heterocycles. The summed E-state index contributed by atoms with van der Waals surface area (Å²) in [5, 5.41) is 1.10. The van der Waals surface area contributed by atoms with Crippen molar-refractivity contribution in [3.63, 3.8) is 0 Å². The minimum absolute atomic E-state index is 0.118. The molecule has 110 valence electrons. The highest BCUT2D eigenvalue weighted by Gasteiger charge is 2.17. The highest BCUT2D eigenvalue weighted by molar-refractivity contribution is 6.42. The molecule has 2 aromatic rings. The molecule has 2 aromatic carbocycles. The van der Waals surface area contributed by atoms with Crippen LogP contribution >= 0.6 is 23.2 Å². The molecule has 0 bridgehead atoms. The van der Waals surface area contributed by atoms with E-state index in [9.17, 15) is 0 Å². The first-order valence-electron chi connectivity index (χ1n) is 7.09. The van der Waals surface area contributed by atoms with Crippen molar-refractivity contribution in [2.45, 2.75) is 31.9 Å². The van der Waals surface area contributed by atoms with Crippen molar-refractivity contribution in [1.82, 2.24) is 0 Å². The molecule has 0 amide bonds. The van der Waals surface area contributed by atoms with Crippen LogP contribution in [0.15, 0.2) is 36.4 Å². The van der Waals surface area contributed by atoms with Crippen LogP contribution in [-0.4, -0.2) is 0 Å². The first-order valence-corrected chi connectivity index (χ1v) is 7.85. The Bertz CT molecular complexity index is 657. The van der Waals surface area contributed by atoms with Crippen LogP contribution in [0, 0.1) is 0 Å². The lowest BCUT2D eigenvalue weighted by molar-refractivity contribution is 0.305. The van der Waals surface area contributed by atoms with Gasteiger partial charge in [0.1, 0.15) is 12.4 Å². The zero-order valence-electron chi connectivity index (χ0n) is 11.6. The van der Waals surface area contributed by atoms with Crippen LogP contribution in [0.25, 0.3) is 0 Å². The molecule has 1 aliphatic carbocycles. The number of aryl methyl sites for hydroxylation is 1. The Hall–Kier alpha value is -1.22. The molecule has 0 aliphatic heterocycles. The number of halogens is 2. The molecular formula is C17H17Cl2NO. The Kier molecular flexibility index (Phi) is 4.39. The van der Waals surface area contributed by atoms with Gasteiger partial charge in [-0.25, -0.2) is 0 Å². The fraction of sp³-hybridized carbons (Fsp3) is 0.294. The monoisotopic (exact) mass is 321 g/mol. The molecule has 0 saturated carbocycles. The first kappa shape index (κ1) is 14.7. The fourth-order valence-electron chi connectivity index (χ4n) is 2.72. The fourth-order valence-corrected chi connectivity index (χ4v) is 3.10. The summed E-state index contributed by atoms with van der Waals surface area (Å²) in [6.45, 7) is 0.396. The van der Waals surface area contributed by atoms with Gasteiger partial charge >= 0.3 is 0 Å². The maximum Gasteiger partial charge on any atom is 0.120 e. The third-order valence-corrected chi connectivity index (χ3v) is 4.76. The van der Waals surface area contributed by atoms with E-state index in [4.69, 9.17) is 33.7 Å². The van der Waals surface area contributed by atoms with E-state index < -0.39 is 0 Å². The lowest BCUT2D eigenvalue weighted by Gasteiger charge is -2.22. The third-order valence-electron chi connectivity index (χ3n) is 3.90. The Morgan fingerprint density at radius 3 is 2.90 bits per heavy atom. The van der Waals surface area contributed by atoms with Crippen LogP contribution in [0.5, 0.6) is 5.75 Å². The van der Waals surface area contributed by atoms with Crippen molar-refractivity contribution >= 4 is 23.2 Å². The summed E-state index contributed by atoms with van der Waals surface area (Å²) < 4.78 is 5.84. The largest absolute Gasteiger partial charge is 0.489 e. The predicted octanol–water partition coefficient (Wildman–Crippen LogP) is 4.91. The van der Waals surface area contributed by atoms with Crippen LogP contribution in [0.3, 0.4) is 0 Å². The van der Waals surface area contributed by atoms with Crippen molar-refractivity contribution < 1.29 is 4.74 Å². The molecule has 0 unspecified atom stereocenters. The summed E-state index contributed by atoms with van der Waals surface area (Å²) in [6.07, 6.45) is 3.30. The zero-order valence-corrected chi connectivity index (χ0v) is 13.1. The number of hydrogen-bond donors (Lipinski definition) is 1. The molecule has 2 N–H and O–H groups in total. The van der Waals surface area contributed by atoms with E-state index in [1.54, 1.807) is 6.07 Å². The molecule has 2 nitrogen and oxygen atoms in total. The molecule has 0 fully saturated rings. The normalized spacial score (nSPS) is 17.4. The van der Waals surface area contributed by atoms with Gasteiger partial charge in [-0.3, -0.25) is 0 Å². The van der Waals surface area contributed by atoms with Crippen molar-refractivity contribution in [3.05, 3.63) is 63.1 Å². The van der Waals surface area contributed by atoms with Crippen LogP contribution in [0.1, 0.15) is 35.6 Å². The number of benzene rings is 2. The third kappa shape index (κ3) is 3.18. The van der Waals surface area contributed by atoms with Gasteiger partial charge in [0.2, 0.25) is 0 Å². The average molecular weight is 322 g/mol. The summed E-state index contributed by atoms with van der Waals surface area (Å²) in [4.78, 5) is 0. The maximum atomic E-state index is 6.17. The Morgan fingerprint density at radius 1 is 1.19 bits per heavy atom. The molecule has 0 heterocycles. The van der Waals surface area contributed by atoms with Crippen molar-refractivity contribution in [2.75, 3.05) is 0 Å². The van der Waals surface area contributed by atoms with Gasteiger partial charge in [-0.15, -0.1) is 0 Å². The molecule has 3 rings (SSSR count). The van der Waals surface area contributed by atoms with E-state index in [0.29, 0.717) is 16.7 Å². The van der Waals surface area contributed by atoms with E-state index in [1.165, 1.54) is 11.1 Å². The quantitative estimate of drug-likeness (QED) is 0.871. The first-order chi connectivity index (χ1) is 10.1. The minimum atomic E-state index is 0.118. The van der Waals surface area contributed by atoms with E-state index in [2.05, 4.69) is 12.1 Å². The van der Waals surface area contributed by atoms with Gasteiger partial charge < -0.3 is 10.5 Å². The predicted molar refractivity (Wildman–Crippen MR) is 87.1 cm³/mol. The summed E-state index contributed by atoms with van der Waals surface area (Å²) in [5.41, 5.74) is 9.59. The molecule has 1 aliphatic rings. The lowest BCUT2D eigenvalue weighted by Crippen LogP contribution is -2.17. The molecule has 0 radical (unpaired) electrons. The van der Waals surface area contributed by atoms with Gasteiger partial charge in [-0.05, 0) is 48.6 Å². The number of rotatable bonds is 3. The number of hydrogen-bond acceptors (Lipinski definition) is 2. The summed E-state index contributed by atoms with van der Waals surface area (Å²) in [5.74, 6) is 0.821. The van der Waals surface area contributed by atoms with Crippen molar-refractivity contribution in [1.29, 1.82) is 0 Å². The standard InChI is InChI=1S/C17H17Cl2NO/c18-15-5-1-4-12(17(15)19)10-21-13-8-7-11-3-2-6-16(20)14(11)9-13/h1,4-5,7-9,16H,2-3,6,10,20H2/t16-/m0/s1. The average Bonchev–Trinajstić information content (AvgIpc) is 2.49. The molecular weight excluding hydrogens is 305 g/mol. The second-order valence-electron chi connectivity index (χ2n) is 5.36. The number of fused-ring (bicyclic) bond motifs is 1. The van der Waals surface area contributed by atoms with E-state index in [1.807, 2.05) is 18.2 Å². The van der Waals surface area contributed by atoms with Crippen LogP contribution in [-0.2, 0) is 13.0 Å². The summed E-state index contributed by atoms with van der Waals surface area (Å²) in [7, 11) is 0. The van der Waals surface area contributed by atoms with Gasteiger partial charge in [-0.2, -0.15) is 0 Å². The molecule has 0 saturated heterocycles. The topological polar surface area (TPSA) is 35.2 Å². The highest BCUT2D eigenvalue weighted by atomic mass is 35.5. The molecule has 0 spiro atoms. The molecule has 1 atom stereocenters. The van der Waals surface area contributed by atoms with E-state index in [-0.39, 0.29) is 6.04 Å². The summed E-state index contributed by atoms with van der Waals surface area (Å²) >= 11 is 12.2. The zero-order chi connectivity index (χ0) is 14.8. The molecule has 4 heteroatoms. The Labute approximate surface area is 134 Å². The Morgan fingerprint density at radius 2 is 2.05 bits per heavy atom. The van der Waals surface area contributed by atoms with Crippen LogP contribution in [0.2, 0.25) is 10.0 Å². The van der Waals surface area contributed by atoms with Crippen molar-refractivity contribution in [2.24, 2.45) is 5.73 Å². The van der Waals surface area contributed by atoms with Gasteiger partial charge in [0, 0.05) is 11.6 Å². The minimum Gasteiger partial charge on any atom is -0.489 e. The van der Waals surface area contributed by atoms with Gasteiger partial charge in [0.05, 0.1) is 10.0 Å². The maximum absolute atomic E-state index is 6.17. The van der Waals surface area contributed by atoms with Crippen molar-refractivity contribution in [3.8, 4) is 5.75 Å². The van der Waals surface area contributed by atoms with Crippen LogP contribution < -0.4 is 10.5 Å². The van der Waals surface area contributed by atoms with E-state index >= 15 is 0 Å². The summed E-state index contributed by atoms with van der Waals surface area (Å²) in [6, 6.07) is 11.8. The SMILES string of the molecule is N[C@H]1CCCc2ccc(OCc3cccc(Cl)c3Cl)cc21. The van der Waals surface area contributed by atoms with Crippen LogP contribution in [0.4, 0.5) is 0 Å². The highest BCUT2D eigenvalue weighted by Crippen LogP contribution is 2.32. The second kappa shape index (κ2) is 6.27. The van der Waals surface area contributed by atoms with E-state index in [0.717, 1.165) is 30.6 Å². The Balaban J connectivity index is 1.77. The second-order valence-corrected chi connectivity index (χ2v) is 6.15. The van der Waals surface area contributed by atoms with Gasteiger partial charge in [-0.1, -0.05) is 41.4 Å². The number of nitrogens with two attached hydrogens (primary N) is 1. The van der Waals surface area contributed by atoms with Gasteiger partial charge in [0.15, 0.2) is 0 Å². The number of ether oxygens (including phenoxy) is 1. The smallest absolute Gasteiger partial charge is 0.120 e. The molecule has 21 heavy (non-hydrogen) atoms. The van der Waals surface area contributed by atoms with Gasteiger partial charge in [0.25, 0.3) is 0 Å². The lowest BCUT2D eigenvalue weighted by atomic mass is 9.88.